The van der Waals surface area contributed by atoms with E-state index >= 15 is 0 Å². The second-order valence-electron chi connectivity index (χ2n) is 11.8. The lowest BCUT2D eigenvalue weighted by Crippen LogP contribution is -2.34. The van der Waals surface area contributed by atoms with Gasteiger partial charge in [0.2, 0.25) is 11.8 Å². The number of amides is 2. The third-order valence-corrected chi connectivity index (χ3v) is 7.89. The van der Waals surface area contributed by atoms with Crippen molar-refractivity contribution in [2.24, 2.45) is 5.11 Å². The molecule has 56 heavy (non-hydrogen) atoms. The highest BCUT2D eigenvalue weighted by Crippen LogP contribution is 2.16. The Morgan fingerprint density at radius 1 is 0.750 bits per heavy atom. The number of azide groups is 1. The summed E-state index contributed by atoms with van der Waals surface area (Å²) < 4.78 is 11.3. The van der Waals surface area contributed by atoms with Crippen molar-refractivity contribution in [3.63, 3.8) is 0 Å². The zero-order valence-corrected chi connectivity index (χ0v) is 31.2. The Balaban J connectivity index is 0.000000256. The van der Waals surface area contributed by atoms with Gasteiger partial charge in [-0.3, -0.25) is 9.59 Å². The van der Waals surface area contributed by atoms with Crippen molar-refractivity contribution in [3.8, 4) is 12.3 Å². The van der Waals surface area contributed by atoms with Crippen LogP contribution < -0.4 is 10.6 Å². The topological polar surface area (TPSA) is 190 Å². The van der Waals surface area contributed by atoms with Crippen LogP contribution in [0.25, 0.3) is 10.4 Å². The molecular weight excluding hydrogens is 713 g/mol. The van der Waals surface area contributed by atoms with Gasteiger partial charge in [-0.15, -0.1) is 17.4 Å². The van der Waals surface area contributed by atoms with Crippen LogP contribution in [0.1, 0.15) is 59.3 Å². The number of esters is 2. The maximum absolute atomic E-state index is 12.4. The van der Waals surface area contributed by atoms with E-state index < -0.39 is 24.0 Å². The zero-order chi connectivity index (χ0) is 40.4. The Bertz CT molecular complexity index is 2030. The number of rotatable bonds is 15. The Hall–Kier alpha value is -7.23. The lowest BCUT2D eigenvalue weighted by molar-refractivity contribution is -0.145. The molecule has 288 valence electrons. The van der Waals surface area contributed by atoms with Crippen LogP contribution in [-0.4, -0.2) is 53.0 Å². The molecule has 0 saturated carbocycles. The molecule has 5 rings (SSSR count). The summed E-state index contributed by atoms with van der Waals surface area (Å²) in [5.41, 5.74) is 12.3. The first-order chi connectivity index (χ1) is 27.3. The van der Waals surface area contributed by atoms with Crippen molar-refractivity contribution in [2.45, 2.75) is 50.9 Å². The molecule has 14 nitrogen and oxygen atoms in total. The molecule has 1 heterocycles. The van der Waals surface area contributed by atoms with Gasteiger partial charge >= 0.3 is 11.9 Å². The monoisotopic (exact) mass is 756 g/mol. The Morgan fingerprint density at radius 3 is 1.68 bits per heavy atom. The number of methoxy groups -OCH3 is 2. The van der Waals surface area contributed by atoms with Gasteiger partial charge in [-0.25, -0.2) is 14.3 Å². The van der Waals surface area contributed by atoms with Gasteiger partial charge in [0, 0.05) is 24.2 Å². The van der Waals surface area contributed by atoms with E-state index in [1.165, 1.54) is 14.2 Å². The van der Waals surface area contributed by atoms with Gasteiger partial charge in [0.05, 0.1) is 39.2 Å². The lowest BCUT2D eigenvalue weighted by Gasteiger charge is -2.17. The predicted octanol–water partition coefficient (Wildman–Crippen LogP) is 6.22. The van der Waals surface area contributed by atoms with E-state index in [0.717, 1.165) is 16.8 Å². The number of aryl methyl sites for hydroxylation is 1. The maximum Gasteiger partial charge on any atom is 0.333 e. The first-order valence-electron chi connectivity index (χ1n) is 17.5. The molecular formula is C42H44N8O6. The van der Waals surface area contributed by atoms with E-state index in [2.05, 4.69) is 41.6 Å². The van der Waals surface area contributed by atoms with E-state index in [0.29, 0.717) is 37.1 Å². The van der Waals surface area contributed by atoms with Gasteiger partial charge in [-0.2, -0.15) is 0 Å². The number of nitrogens with zero attached hydrogens (tertiary/aromatic N) is 6. The SMILES string of the molecule is C#CCCC(=O)N[C@@H](C(=O)OC)c1ccccc1.COC(=O)[C@H](NC(=O)CCc1cnnn1Cc1ccccc1)c1ccccc1.[N-]=[N+]=NCc1ccccc1. The molecule has 1 aromatic heterocycles. The Kier molecular flexibility index (Phi) is 19.2. The lowest BCUT2D eigenvalue weighted by atomic mass is 10.1. The minimum absolute atomic E-state index is 0.191. The average molecular weight is 757 g/mol. The van der Waals surface area contributed by atoms with E-state index in [1.54, 1.807) is 47.3 Å². The van der Waals surface area contributed by atoms with Crippen LogP contribution >= 0.6 is 0 Å². The van der Waals surface area contributed by atoms with Crippen LogP contribution in [0.3, 0.4) is 0 Å². The molecule has 2 amide bonds. The highest BCUT2D eigenvalue weighted by molar-refractivity contribution is 5.86. The summed E-state index contributed by atoms with van der Waals surface area (Å²) >= 11 is 0. The Labute approximate surface area is 325 Å². The minimum Gasteiger partial charge on any atom is -0.467 e. The van der Waals surface area contributed by atoms with Gasteiger partial charge in [0.1, 0.15) is 0 Å². The fraction of sp³-hybridized carbons (Fsp3) is 0.238. The predicted molar refractivity (Wildman–Crippen MR) is 210 cm³/mol. The summed E-state index contributed by atoms with van der Waals surface area (Å²) in [7, 11) is 2.59. The second kappa shape index (κ2) is 24.9. The largest absolute Gasteiger partial charge is 0.467 e. The normalized spacial score (nSPS) is 10.9. The molecule has 0 unspecified atom stereocenters. The van der Waals surface area contributed by atoms with Gasteiger partial charge in [0.15, 0.2) is 12.1 Å². The molecule has 0 spiro atoms. The van der Waals surface area contributed by atoms with Gasteiger partial charge < -0.3 is 20.1 Å². The number of terminal acetylenes is 1. The smallest absolute Gasteiger partial charge is 0.333 e. The van der Waals surface area contributed by atoms with Gasteiger partial charge in [0.25, 0.3) is 0 Å². The molecule has 5 aromatic rings. The van der Waals surface area contributed by atoms with E-state index in [9.17, 15) is 19.2 Å². The average Bonchev–Trinajstić information content (AvgIpc) is 3.70. The number of ether oxygens (including phenoxy) is 2. The summed E-state index contributed by atoms with van der Waals surface area (Å²) in [6.45, 7) is 1.03. The third kappa shape index (κ3) is 15.4. The minimum atomic E-state index is -0.828. The van der Waals surface area contributed by atoms with Crippen molar-refractivity contribution < 1.29 is 28.7 Å². The number of nitrogens with one attached hydrogen (secondary N) is 2. The maximum atomic E-state index is 12.4. The summed E-state index contributed by atoms with van der Waals surface area (Å²) in [6, 6.07) is 35.9. The standard InChI is InChI=1S/C21H22N4O3.C14H15NO3.C7H7N3/c1-28-21(27)20(17-10-6-3-7-11-17)23-19(26)13-12-18-14-22-24-25(18)15-16-8-4-2-5-9-16;1-3-4-10-12(16)15-13(14(17)18-2)11-8-6-5-7-9-11;8-10-9-6-7-4-2-1-3-5-7/h2-11,14,20H,12-13,15H2,1H3,(H,23,26);1,5-9,13H,4,10H2,2H3,(H,15,16);1-5H,6H2/t20-;13-;/m11./s1. The zero-order valence-electron chi connectivity index (χ0n) is 31.2. The van der Waals surface area contributed by atoms with Crippen LogP contribution in [0.15, 0.2) is 133 Å². The van der Waals surface area contributed by atoms with Crippen LogP contribution in [0.2, 0.25) is 0 Å². The van der Waals surface area contributed by atoms with E-state index in [1.807, 2.05) is 84.9 Å². The third-order valence-electron chi connectivity index (χ3n) is 7.89. The highest BCUT2D eigenvalue weighted by atomic mass is 16.5. The van der Waals surface area contributed by atoms with Crippen LogP contribution in [0.4, 0.5) is 0 Å². The van der Waals surface area contributed by atoms with Crippen LogP contribution in [0, 0.1) is 12.3 Å². The molecule has 0 bridgehead atoms. The number of carbonyl (C=O) groups is 4. The summed E-state index contributed by atoms with van der Waals surface area (Å²) in [6.07, 6.45) is 7.95. The van der Waals surface area contributed by atoms with Crippen LogP contribution in [0.5, 0.6) is 0 Å². The first kappa shape index (κ1) is 43.2. The van der Waals surface area contributed by atoms with Crippen molar-refractivity contribution in [1.82, 2.24) is 25.6 Å². The quantitative estimate of drug-likeness (QED) is 0.0414. The molecule has 4 aromatic carbocycles. The molecule has 0 saturated heterocycles. The van der Waals surface area contributed by atoms with Crippen molar-refractivity contribution in [1.29, 1.82) is 0 Å². The number of carbonyl (C=O) groups excluding carboxylic acids is 4. The molecule has 0 aliphatic rings. The number of aromatic nitrogens is 3. The summed E-state index contributed by atoms with van der Waals surface area (Å²) in [4.78, 5) is 50.4. The molecule has 0 fully saturated rings. The molecule has 0 radical (unpaired) electrons. The van der Waals surface area contributed by atoms with Crippen molar-refractivity contribution in [3.05, 3.63) is 166 Å². The molecule has 2 N–H and O–H groups in total. The fourth-order valence-electron chi connectivity index (χ4n) is 5.04. The number of benzene rings is 4. The van der Waals surface area contributed by atoms with Crippen molar-refractivity contribution in [2.75, 3.05) is 14.2 Å². The summed E-state index contributed by atoms with van der Waals surface area (Å²) in [5.74, 6) is 0.854. The second-order valence-corrected chi connectivity index (χ2v) is 11.8. The molecule has 2 atom stereocenters. The summed E-state index contributed by atoms with van der Waals surface area (Å²) in [5, 5.41) is 16.8. The first-order valence-corrected chi connectivity index (χ1v) is 17.5. The van der Waals surface area contributed by atoms with Crippen molar-refractivity contribution >= 4 is 23.8 Å². The van der Waals surface area contributed by atoms with Gasteiger partial charge in [-0.05, 0) is 34.2 Å². The van der Waals surface area contributed by atoms with E-state index in [-0.39, 0.29) is 24.7 Å². The van der Waals surface area contributed by atoms with Gasteiger partial charge in [-0.1, -0.05) is 132 Å². The fourth-order valence-corrected chi connectivity index (χ4v) is 5.04. The molecule has 14 heteroatoms. The highest BCUT2D eigenvalue weighted by Gasteiger charge is 2.24. The van der Waals surface area contributed by atoms with E-state index in [4.69, 9.17) is 16.7 Å². The molecule has 0 aliphatic carbocycles. The molecule has 0 aliphatic heterocycles. The Morgan fingerprint density at radius 2 is 1.21 bits per heavy atom. The van der Waals surface area contributed by atoms with Crippen LogP contribution in [-0.2, 0) is 48.2 Å². The number of hydrogen-bond donors (Lipinski definition) is 2. The number of hydrogen-bond acceptors (Lipinski definition) is 9.